The SMILES string of the molecule is Cc1nc(-c2cccnc2)sc1-c1ccn(C(=O)NCC(F)(F)F)n1. The first kappa shape index (κ1) is 17.1. The van der Waals surface area contributed by atoms with Gasteiger partial charge in [0.1, 0.15) is 17.2 Å². The standard InChI is InChI=1S/C15H12F3N5OS/c1-9-12(25-13(21-9)10-3-2-5-19-7-10)11-4-6-23(22-11)14(24)20-8-15(16,17)18/h2-7H,8H2,1H3,(H,20,24). The highest BCUT2D eigenvalue weighted by molar-refractivity contribution is 7.18. The number of carbonyl (C=O) groups is 1. The van der Waals surface area contributed by atoms with Crippen LogP contribution in [0.25, 0.3) is 21.1 Å². The summed E-state index contributed by atoms with van der Waals surface area (Å²) >= 11 is 1.37. The van der Waals surface area contributed by atoms with Crippen LogP contribution in [0.3, 0.4) is 0 Å². The predicted octanol–water partition coefficient (Wildman–Crippen LogP) is 3.50. The fourth-order valence-electron chi connectivity index (χ4n) is 2.06. The lowest BCUT2D eigenvalue weighted by Gasteiger charge is -2.07. The fraction of sp³-hybridized carbons (Fsp3) is 0.200. The Bertz CT molecular complexity index is 888. The number of amides is 1. The van der Waals surface area contributed by atoms with E-state index in [-0.39, 0.29) is 0 Å². The maximum Gasteiger partial charge on any atom is 0.405 e. The Balaban J connectivity index is 1.81. The van der Waals surface area contributed by atoms with Crippen LogP contribution in [0.1, 0.15) is 5.69 Å². The van der Waals surface area contributed by atoms with Crippen molar-refractivity contribution in [2.45, 2.75) is 13.1 Å². The summed E-state index contributed by atoms with van der Waals surface area (Å²) in [6, 6.07) is 4.28. The number of thiazole rings is 1. The number of aromatic nitrogens is 4. The van der Waals surface area contributed by atoms with Crippen LogP contribution in [0.4, 0.5) is 18.0 Å². The van der Waals surface area contributed by atoms with E-state index < -0.39 is 18.8 Å². The van der Waals surface area contributed by atoms with Gasteiger partial charge in [-0.2, -0.15) is 23.0 Å². The molecule has 0 fully saturated rings. The lowest BCUT2D eigenvalue weighted by Crippen LogP contribution is -2.36. The molecule has 3 rings (SSSR count). The van der Waals surface area contributed by atoms with Gasteiger partial charge in [-0.05, 0) is 25.1 Å². The second-order valence-electron chi connectivity index (χ2n) is 5.09. The van der Waals surface area contributed by atoms with E-state index in [0.29, 0.717) is 11.4 Å². The molecule has 0 saturated carbocycles. The largest absolute Gasteiger partial charge is 0.405 e. The maximum absolute atomic E-state index is 12.2. The predicted molar refractivity (Wildman–Crippen MR) is 86.2 cm³/mol. The topological polar surface area (TPSA) is 72.7 Å². The minimum atomic E-state index is -4.47. The van der Waals surface area contributed by atoms with Gasteiger partial charge >= 0.3 is 12.2 Å². The molecule has 0 aliphatic rings. The minimum absolute atomic E-state index is 0.465. The van der Waals surface area contributed by atoms with Crippen LogP contribution in [0.15, 0.2) is 36.8 Å². The zero-order chi connectivity index (χ0) is 18.0. The Morgan fingerprint density at radius 1 is 1.36 bits per heavy atom. The van der Waals surface area contributed by atoms with E-state index in [0.717, 1.165) is 20.1 Å². The van der Waals surface area contributed by atoms with Crippen LogP contribution >= 0.6 is 11.3 Å². The molecule has 3 heterocycles. The number of rotatable bonds is 3. The third kappa shape index (κ3) is 4.02. The molecule has 3 aromatic heterocycles. The lowest BCUT2D eigenvalue weighted by molar-refractivity contribution is -0.122. The van der Waals surface area contributed by atoms with Crippen molar-refractivity contribution in [2.24, 2.45) is 0 Å². The molecule has 0 aromatic carbocycles. The van der Waals surface area contributed by atoms with Crippen molar-refractivity contribution in [3.8, 4) is 21.1 Å². The van der Waals surface area contributed by atoms with Crippen LogP contribution in [-0.2, 0) is 0 Å². The second-order valence-corrected chi connectivity index (χ2v) is 6.09. The summed E-state index contributed by atoms with van der Waals surface area (Å²) in [7, 11) is 0. The number of halogens is 3. The van der Waals surface area contributed by atoms with Gasteiger partial charge in [-0.1, -0.05) is 0 Å². The van der Waals surface area contributed by atoms with Crippen LogP contribution in [0.2, 0.25) is 0 Å². The van der Waals surface area contributed by atoms with Crippen LogP contribution in [0, 0.1) is 6.92 Å². The van der Waals surface area contributed by atoms with Gasteiger partial charge in [0.2, 0.25) is 0 Å². The zero-order valence-electron chi connectivity index (χ0n) is 12.9. The van der Waals surface area contributed by atoms with Gasteiger partial charge in [0.05, 0.1) is 10.6 Å². The molecule has 1 N–H and O–H groups in total. The summed E-state index contributed by atoms with van der Waals surface area (Å²) in [6.45, 7) is 0.389. The van der Waals surface area contributed by atoms with Crippen molar-refractivity contribution in [1.29, 1.82) is 0 Å². The summed E-state index contributed by atoms with van der Waals surface area (Å²) in [5.41, 5.74) is 2.03. The average molecular weight is 367 g/mol. The molecule has 0 bridgehead atoms. The van der Waals surface area contributed by atoms with Crippen LogP contribution < -0.4 is 5.32 Å². The highest BCUT2D eigenvalue weighted by atomic mass is 32.1. The normalized spacial score (nSPS) is 11.5. The molecule has 3 aromatic rings. The summed E-state index contributed by atoms with van der Waals surface area (Å²) < 4.78 is 37.3. The van der Waals surface area contributed by atoms with E-state index in [9.17, 15) is 18.0 Å². The number of pyridine rings is 1. The van der Waals surface area contributed by atoms with E-state index in [1.165, 1.54) is 17.5 Å². The van der Waals surface area contributed by atoms with Gasteiger partial charge in [-0.15, -0.1) is 11.3 Å². The van der Waals surface area contributed by atoms with Crippen molar-refractivity contribution in [1.82, 2.24) is 25.1 Å². The van der Waals surface area contributed by atoms with Crippen molar-refractivity contribution in [3.05, 3.63) is 42.5 Å². The van der Waals surface area contributed by atoms with E-state index in [1.807, 2.05) is 6.07 Å². The first-order valence-corrected chi connectivity index (χ1v) is 7.94. The van der Waals surface area contributed by atoms with Crippen LogP contribution in [-0.4, -0.2) is 38.5 Å². The molecule has 0 saturated heterocycles. The van der Waals surface area contributed by atoms with E-state index in [1.54, 1.807) is 36.8 Å². The van der Waals surface area contributed by atoms with Gasteiger partial charge < -0.3 is 5.32 Å². The van der Waals surface area contributed by atoms with E-state index in [2.05, 4.69) is 15.1 Å². The summed E-state index contributed by atoms with van der Waals surface area (Å²) in [4.78, 5) is 21.0. The molecule has 0 aliphatic heterocycles. The van der Waals surface area contributed by atoms with Gasteiger partial charge in [-0.25, -0.2) is 9.78 Å². The molecule has 0 unspecified atom stereocenters. The lowest BCUT2D eigenvalue weighted by atomic mass is 10.3. The number of hydrogen-bond acceptors (Lipinski definition) is 5. The fourth-order valence-corrected chi connectivity index (χ4v) is 3.08. The van der Waals surface area contributed by atoms with Crippen LogP contribution in [0.5, 0.6) is 0 Å². The summed E-state index contributed by atoms with van der Waals surface area (Å²) in [5, 5.41) is 6.55. The van der Waals surface area contributed by atoms with Crippen molar-refractivity contribution in [3.63, 3.8) is 0 Å². The molecular weight excluding hydrogens is 355 g/mol. The van der Waals surface area contributed by atoms with E-state index in [4.69, 9.17) is 0 Å². The quantitative estimate of drug-likeness (QED) is 0.769. The molecule has 10 heteroatoms. The molecule has 1 amide bonds. The molecule has 0 atom stereocenters. The number of alkyl halides is 3. The molecule has 130 valence electrons. The number of nitrogens with one attached hydrogen (secondary N) is 1. The third-order valence-corrected chi connectivity index (χ3v) is 4.40. The monoisotopic (exact) mass is 367 g/mol. The van der Waals surface area contributed by atoms with E-state index >= 15 is 0 Å². The number of nitrogens with zero attached hydrogens (tertiary/aromatic N) is 4. The maximum atomic E-state index is 12.2. The minimum Gasteiger partial charge on any atom is -0.327 e. The Morgan fingerprint density at radius 2 is 2.16 bits per heavy atom. The molecule has 6 nitrogen and oxygen atoms in total. The molecular formula is C15H12F3N5OS. The molecule has 0 spiro atoms. The molecule has 25 heavy (non-hydrogen) atoms. The second kappa shape index (κ2) is 6.63. The summed E-state index contributed by atoms with van der Waals surface area (Å²) in [5.74, 6) is 0. The van der Waals surface area contributed by atoms with Gasteiger partial charge in [0.25, 0.3) is 0 Å². The smallest absolute Gasteiger partial charge is 0.327 e. The highest BCUT2D eigenvalue weighted by Gasteiger charge is 2.28. The van der Waals surface area contributed by atoms with Crippen molar-refractivity contribution >= 4 is 17.4 Å². The Labute approximate surface area is 144 Å². The number of carbonyl (C=O) groups excluding carboxylic acids is 1. The molecule has 0 aliphatic carbocycles. The summed E-state index contributed by atoms with van der Waals surface area (Å²) in [6.07, 6.45) is 0.180. The highest BCUT2D eigenvalue weighted by Crippen LogP contribution is 2.33. The first-order valence-electron chi connectivity index (χ1n) is 7.12. The van der Waals surface area contributed by atoms with Gasteiger partial charge in [-0.3, -0.25) is 4.98 Å². The van der Waals surface area contributed by atoms with Gasteiger partial charge in [0.15, 0.2) is 0 Å². The average Bonchev–Trinajstić information content (AvgIpc) is 3.19. The van der Waals surface area contributed by atoms with Crippen molar-refractivity contribution in [2.75, 3.05) is 6.54 Å². The number of hydrogen-bond donors (Lipinski definition) is 1. The van der Waals surface area contributed by atoms with Crippen molar-refractivity contribution < 1.29 is 18.0 Å². The Hall–Kier alpha value is -2.75. The Morgan fingerprint density at radius 3 is 2.84 bits per heavy atom. The zero-order valence-corrected chi connectivity index (χ0v) is 13.7. The third-order valence-electron chi connectivity index (χ3n) is 3.17. The molecule has 0 radical (unpaired) electrons. The first-order chi connectivity index (χ1) is 11.8. The van der Waals surface area contributed by atoms with Gasteiger partial charge in [0, 0.05) is 24.2 Å². The Kier molecular flexibility index (Phi) is 4.53. The number of aryl methyl sites for hydroxylation is 1.